The maximum Gasteiger partial charge on any atom is 0.410 e. The number of alkyl halides is 3. The lowest BCUT2D eigenvalue weighted by molar-refractivity contribution is 0.210. The second-order valence-electron chi connectivity index (χ2n) is 2.85. The van der Waals surface area contributed by atoms with Crippen molar-refractivity contribution >= 4 is 64.1 Å². The van der Waals surface area contributed by atoms with Crippen LogP contribution in [0, 0.1) is 0 Å². The third-order valence-electron chi connectivity index (χ3n) is 1.67. The van der Waals surface area contributed by atoms with Crippen LogP contribution in [0.3, 0.4) is 0 Å². The summed E-state index contributed by atoms with van der Waals surface area (Å²) >= 11 is 28.7. The quantitative estimate of drug-likeness (QED) is 0.822. The van der Waals surface area contributed by atoms with E-state index in [1.54, 1.807) is 0 Å². The highest BCUT2D eigenvalue weighted by Crippen LogP contribution is 2.48. The molecule has 0 aliphatic rings. The molecule has 0 aliphatic carbocycles. The molecule has 1 aromatic heterocycles. The molecule has 0 atom stereocenters. The lowest BCUT2D eigenvalue weighted by atomic mass is 10.3. The number of methoxy groups -OCH3 is 1. The zero-order valence-electron chi connectivity index (χ0n) is 8.64. The molecule has 0 fully saturated rings. The van der Waals surface area contributed by atoms with Gasteiger partial charge in [0.05, 0.1) is 7.11 Å². The molecule has 0 saturated heterocycles. The molecule has 1 aromatic rings. The van der Waals surface area contributed by atoms with Crippen LogP contribution < -0.4 is 15.2 Å². The van der Waals surface area contributed by atoms with Crippen molar-refractivity contribution in [1.82, 2.24) is 4.98 Å². The SMILES string of the molecule is COc1nc(C(Cl)(Cl)Cl)c(Cl)c(OC(N)=O)c1Cl. The van der Waals surface area contributed by atoms with Gasteiger partial charge < -0.3 is 15.2 Å². The Hall–Kier alpha value is -0.330. The zero-order valence-corrected chi connectivity index (χ0v) is 12.4. The van der Waals surface area contributed by atoms with Crippen LogP contribution in [-0.2, 0) is 3.79 Å². The number of aromatic nitrogens is 1. The van der Waals surface area contributed by atoms with E-state index in [0.29, 0.717) is 0 Å². The molecule has 0 saturated carbocycles. The Balaban J connectivity index is 3.53. The van der Waals surface area contributed by atoms with Gasteiger partial charge in [-0.25, -0.2) is 9.78 Å². The van der Waals surface area contributed by atoms with Crippen molar-refractivity contribution in [1.29, 1.82) is 0 Å². The molecule has 0 radical (unpaired) electrons. The summed E-state index contributed by atoms with van der Waals surface area (Å²) in [5, 5.41) is -0.418. The fourth-order valence-corrected chi connectivity index (χ4v) is 2.19. The first kappa shape index (κ1) is 15.7. The molecular formula is C8H5Cl5N2O3. The normalized spacial score (nSPS) is 11.2. The molecular weight excluding hydrogens is 349 g/mol. The van der Waals surface area contributed by atoms with Gasteiger partial charge in [-0.3, -0.25) is 0 Å². The van der Waals surface area contributed by atoms with Gasteiger partial charge in [-0.2, -0.15) is 0 Å². The lowest BCUT2D eigenvalue weighted by Crippen LogP contribution is -2.18. The Morgan fingerprint density at radius 1 is 1.28 bits per heavy atom. The monoisotopic (exact) mass is 352 g/mol. The number of hydrogen-bond acceptors (Lipinski definition) is 4. The first-order valence-corrected chi connectivity index (χ1v) is 6.05. The highest BCUT2D eigenvalue weighted by Gasteiger charge is 2.33. The summed E-state index contributed by atoms with van der Waals surface area (Å²) in [6.45, 7) is 0. The Morgan fingerprint density at radius 3 is 2.22 bits per heavy atom. The summed E-state index contributed by atoms with van der Waals surface area (Å²) in [6.07, 6.45) is -1.14. The number of halogens is 5. The van der Waals surface area contributed by atoms with E-state index < -0.39 is 9.89 Å². The topological polar surface area (TPSA) is 74.4 Å². The van der Waals surface area contributed by atoms with Crippen molar-refractivity contribution in [3.8, 4) is 11.6 Å². The molecule has 18 heavy (non-hydrogen) atoms. The average Bonchev–Trinajstić information content (AvgIpc) is 2.22. The molecule has 1 amide bonds. The smallest absolute Gasteiger partial charge is 0.410 e. The third-order valence-corrected chi connectivity index (χ3v) is 2.89. The number of amides is 1. The molecule has 0 spiro atoms. The van der Waals surface area contributed by atoms with Crippen LogP contribution in [0.4, 0.5) is 4.79 Å². The summed E-state index contributed by atoms with van der Waals surface area (Å²) in [4.78, 5) is 14.6. The zero-order chi connectivity index (χ0) is 14.1. The minimum atomic E-state index is -1.95. The number of ether oxygens (including phenoxy) is 2. The van der Waals surface area contributed by atoms with Crippen LogP contribution in [0.1, 0.15) is 5.69 Å². The molecule has 0 unspecified atom stereocenters. The van der Waals surface area contributed by atoms with Crippen molar-refractivity contribution in [2.75, 3.05) is 7.11 Å². The van der Waals surface area contributed by atoms with Crippen molar-refractivity contribution < 1.29 is 14.3 Å². The second-order valence-corrected chi connectivity index (χ2v) is 5.88. The van der Waals surface area contributed by atoms with Gasteiger partial charge in [-0.1, -0.05) is 58.0 Å². The summed E-state index contributed by atoms with van der Waals surface area (Å²) in [7, 11) is 1.28. The number of nitrogens with two attached hydrogens (primary N) is 1. The van der Waals surface area contributed by atoms with E-state index in [1.807, 2.05) is 0 Å². The van der Waals surface area contributed by atoms with Gasteiger partial charge in [-0.05, 0) is 0 Å². The highest BCUT2D eigenvalue weighted by atomic mass is 35.6. The third kappa shape index (κ3) is 3.36. The van der Waals surface area contributed by atoms with Gasteiger partial charge in [0, 0.05) is 0 Å². The molecule has 10 heteroatoms. The summed E-state index contributed by atoms with van der Waals surface area (Å²) < 4.78 is 7.53. The van der Waals surface area contributed by atoms with E-state index in [2.05, 4.69) is 9.72 Å². The minimum absolute atomic E-state index is 0.126. The van der Waals surface area contributed by atoms with E-state index in [9.17, 15) is 4.79 Å². The fourth-order valence-electron chi connectivity index (χ4n) is 1.01. The molecule has 0 aromatic carbocycles. The van der Waals surface area contributed by atoms with Crippen molar-refractivity contribution in [3.05, 3.63) is 15.7 Å². The van der Waals surface area contributed by atoms with Gasteiger partial charge in [-0.15, -0.1) is 0 Å². The van der Waals surface area contributed by atoms with Gasteiger partial charge in [0.15, 0.2) is 5.75 Å². The first-order chi connectivity index (χ1) is 8.18. The molecule has 0 bridgehead atoms. The molecule has 5 nitrogen and oxygen atoms in total. The lowest BCUT2D eigenvalue weighted by Gasteiger charge is -2.17. The van der Waals surface area contributed by atoms with Gasteiger partial charge in [0.2, 0.25) is 9.67 Å². The molecule has 0 aliphatic heterocycles. The maximum absolute atomic E-state index is 10.8. The van der Waals surface area contributed by atoms with Crippen LogP contribution in [0.5, 0.6) is 11.6 Å². The number of nitrogens with zero attached hydrogens (tertiary/aromatic N) is 1. The van der Waals surface area contributed by atoms with Gasteiger partial charge >= 0.3 is 6.09 Å². The van der Waals surface area contributed by atoms with Crippen LogP contribution in [0.2, 0.25) is 10.0 Å². The van der Waals surface area contributed by atoms with Gasteiger partial charge in [0.1, 0.15) is 15.7 Å². The van der Waals surface area contributed by atoms with Crippen molar-refractivity contribution in [2.24, 2.45) is 5.73 Å². The highest BCUT2D eigenvalue weighted by molar-refractivity contribution is 6.67. The fraction of sp³-hybridized carbons (Fsp3) is 0.250. The van der Waals surface area contributed by atoms with E-state index in [0.717, 1.165) is 0 Å². The number of carbonyl (C=O) groups excluding carboxylic acids is 1. The standard InChI is InChI=1S/C8H5Cl5N2O3/c1-17-6-3(10)4(18-7(14)16)2(9)5(15-6)8(11,12)13/h1H3,(H2,14,16). The van der Waals surface area contributed by atoms with Crippen molar-refractivity contribution in [3.63, 3.8) is 0 Å². The van der Waals surface area contributed by atoms with Crippen LogP contribution in [0.25, 0.3) is 0 Å². The molecule has 1 rings (SSSR count). The average molecular weight is 354 g/mol. The number of primary amides is 1. The van der Waals surface area contributed by atoms with E-state index in [1.165, 1.54) is 7.11 Å². The molecule has 100 valence electrons. The summed E-state index contributed by atoms with van der Waals surface area (Å²) in [6, 6.07) is 0. The molecule has 1 heterocycles. The number of hydrogen-bond donors (Lipinski definition) is 1. The Bertz CT molecular complexity index is 489. The van der Waals surface area contributed by atoms with Crippen molar-refractivity contribution in [2.45, 2.75) is 3.79 Å². The molecule has 2 N–H and O–H groups in total. The van der Waals surface area contributed by atoms with E-state index in [-0.39, 0.29) is 27.4 Å². The van der Waals surface area contributed by atoms with E-state index in [4.69, 9.17) is 68.5 Å². The largest absolute Gasteiger partial charge is 0.480 e. The predicted molar refractivity (Wildman–Crippen MR) is 70.3 cm³/mol. The number of rotatable bonds is 2. The van der Waals surface area contributed by atoms with Gasteiger partial charge in [0.25, 0.3) is 0 Å². The van der Waals surface area contributed by atoms with Crippen LogP contribution in [0.15, 0.2) is 0 Å². The number of pyridine rings is 1. The Labute approximate surface area is 127 Å². The number of carbonyl (C=O) groups is 1. The van der Waals surface area contributed by atoms with Crippen LogP contribution in [-0.4, -0.2) is 18.2 Å². The maximum atomic E-state index is 10.8. The van der Waals surface area contributed by atoms with E-state index >= 15 is 0 Å². The summed E-state index contributed by atoms with van der Waals surface area (Å²) in [5.41, 5.74) is 4.67. The minimum Gasteiger partial charge on any atom is -0.480 e. The Kier molecular flexibility index (Phi) is 5.03. The van der Waals surface area contributed by atoms with Crippen LogP contribution >= 0.6 is 58.0 Å². The first-order valence-electron chi connectivity index (χ1n) is 4.16. The Morgan fingerprint density at radius 2 is 1.83 bits per heavy atom. The summed E-state index contributed by atoms with van der Waals surface area (Å²) in [5.74, 6) is -0.419. The second kappa shape index (κ2) is 5.75. The predicted octanol–water partition coefficient (Wildman–Crippen LogP) is 3.68.